The lowest BCUT2D eigenvalue weighted by molar-refractivity contribution is 0.591. The lowest BCUT2D eigenvalue weighted by atomic mass is 9.86. The molecule has 0 aliphatic heterocycles. The number of para-hydroxylation sites is 2. The van der Waals surface area contributed by atoms with Crippen LogP contribution in [0.3, 0.4) is 0 Å². The highest BCUT2D eigenvalue weighted by atomic mass is 15.0. The van der Waals surface area contributed by atoms with E-state index in [9.17, 15) is 5.26 Å². The molecule has 57 heavy (non-hydrogen) atoms. The number of hydrogen-bond donors (Lipinski definition) is 0. The van der Waals surface area contributed by atoms with Crippen LogP contribution in [0.4, 0.5) is 5.69 Å². The molecule has 2 aromatic heterocycles. The Bertz CT molecular complexity index is 3180. The van der Waals surface area contributed by atoms with Gasteiger partial charge in [0.2, 0.25) is 0 Å². The van der Waals surface area contributed by atoms with Crippen LogP contribution in [0.15, 0.2) is 140 Å². The molecule has 0 radical (unpaired) electrons. The van der Waals surface area contributed by atoms with Gasteiger partial charge in [0.1, 0.15) is 0 Å². The van der Waals surface area contributed by atoms with Gasteiger partial charge in [0.15, 0.2) is 5.69 Å². The first-order chi connectivity index (χ1) is 27.4. The Labute approximate surface area is 334 Å². The molecule has 0 unspecified atom stereocenters. The van der Waals surface area contributed by atoms with Gasteiger partial charge in [0, 0.05) is 27.2 Å². The molecule has 276 valence electrons. The third kappa shape index (κ3) is 5.89. The molecule has 0 fully saturated rings. The van der Waals surface area contributed by atoms with Crippen LogP contribution in [0.5, 0.6) is 0 Å². The summed E-state index contributed by atoms with van der Waals surface area (Å²) in [5.74, 6) is 0. The summed E-state index contributed by atoms with van der Waals surface area (Å²) < 4.78 is 4.72. The SMILES string of the molecule is [C-]#[N+]c1ccc(-n2c3ccccc3c3cc(C(C)(C)C)ccc32)cc1-c1cc(-c2ccc(C#N)cc2C)ccc1-n1c2ccccc2c2cc(C(C)(C)C)ccc21. The van der Waals surface area contributed by atoms with Crippen molar-refractivity contribution in [3.63, 3.8) is 0 Å². The number of hydrogen-bond acceptors (Lipinski definition) is 1. The second-order valence-electron chi connectivity index (χ2n) is 17.4. The Balaban J connectivity index is 1.36. The highest BCUT2D eigenvalue weighted by Gasteiger charge is 2.23. The predicted octanol–water partition coefficient (Wildman–Crippen LogP) is 14.5. The van der Waals surface area contributed by atoms with Crippen molar-refractivity contribution in [1.29, 1.82) is 5.26 Å². The van der Waals surface area contributed by atoms with Gasteiger partial charge in [-0.25, -0.2) is 4.85 Å². The van der Waals surface area contributed by atoms with E-state index in [2.05, 4.69) is 184 Å². The Kier molecular flexibility index (Phi) is 8.24. The summed E-state index contributed by atoms with van der Waals surface area (Å²) in [6.07, 6.45) is 0. The first kappa shape index (κ1) is 35.8. The highest BCUT2D eigenvalue weighted by Crippen LogP contribution is 2.44. The fraction of sp³-hybridized carbons (Fsp3) is 0.170. The summed E-state index contributed by atoms with van der Waals surface area (Å²) >= 11 is 0. The summed E-state index contributed by atoms with van der Waals surface area (Å²) in [7, 11) is 0. The van der Waals surface area contributed by atoms with Crippen LogP contribution in [0, 0.1) is 24.8 Å². The van der Waals surface area contributed by atoms with Crippen LogP contribution >= 0.6 is 0 Å². The maximum atomic E-state index is 9.65. The summed E-state index contributed by atoms with van der Waals surface area (Å²) in [4.78, 5) is 4.16. The number of aryl methyl sites for hydroxylation is 1. The molecular weight excluding hydrogens is 693 g/mol. The number of benzene rings is 7. The van der Waals surface area contributed by atoms with Crippen molar-refractivity contribution >= 4 is 49.3 Å². The van der Waals surface area contributed by atoms with E-state index < -0.39 is 0 Å². The maximum absolute atomic E-state index is 9.65. The molecule has 0 atom stereocenters. The quantitative estimate of drug-likeness (QED) is 0.166. The van der Waals surface area contributed by atoms with Gasteiger partial charge in [-0.1, -0.05) is 108 Å². The normalized spacial score (nSPS) is 12.1. The van der Waals surface area contributed by atoms with E-state index >= 15 is 0 Å². The summed E-state index contributed by atoms with van der Waals surface area (Å²) in [6, 6.07) is 52.0. The Morgan fingerprint density at radius 3 is 1.68 bits per heavy atom. The molecule has 4 nitrogen and oxygen atoms in total. The fourth-order valence-corrected chi connectivity index (χ4v) is 8.56. The van der Waals surface area contributed by atoms with Gasteiger partial charge in [0.05, 0.1) is 46.0 Å². The minimum Gasteiger partial charge on any atom is -0.309 e. The van der Waals surface area contributed by atoms with Crippen molar-refractivity contribution in [1.82, 2.24) is 9.13 Å². The van der Waals surface area contributed by atoms with E-state index in [1.807, 2.05) is 24.3 Å². The molecule has 0 aliphatic rings. The van der Waals surface area contributed by atoms with Crippen LogP contribution in [0.25, 0.3) is 82.1 Å². The molecule has 4 heteroatoms. The molecular formula is C53H44N4. The van der Waals surface area contributed by atoms with Crippen LogP contribution in [0.2, 0.25) is 0 Å². The summed E-state index contributed by atoms with van der Waals surface area (Å²) in [6.45, 7) is 24.1. The zero-order chi connectivity index (χ0) is 39.8. The molecule has 0 spiro atoms. The standard InChI is InChI=1S/C53H44N4/c1-33-27-34(32-54)17-22-39(33)35-18-24-50(57-48-16-12-10-14-41(48)45-30-37(53(5,6)7)20-26-51(45)57)43(28-35)42-31-38(21-23-46(42)55-8)56-47-15-11-9-13-40(47)44-29-36(52(2,3)4)19-25-49(44)56/h9-31H,1-7H3. The van der Waals surface area contributed by atoms with Gasteiger partial charge in [0.25, 0.3) is 0 Å². The average Bonchev–Trinajstić information content (AvgIpc) is 3.72. The van der Waals surface area contributed by atoms with E-state index in [0.29, 0.717) is 11.3 Å². The first-order valence-corrected chi connectivity index (χ1v) is 19.6. The molecule has 2 heterocycles. The van der Waals surface area contributed by atoms with E-state index in [0.717, 1.165) is 61.3 Å². The highest BCUT2D eigenvalue weighted by molar-refractivity contribution is 6.11. The molecule has 0 N–H and O–H groups in total. The van der Waals surface area contributed by atoms with Gasteiger partial charge >= 0.3 is 0 Å². The van der Waals surface area contributed by atoms with Gasteiger partial charge < -0.3 is 9.13 Å². The van der Waals surface area contributed by atoms with E-state index in [1.54, 1.807) is 0 Å². The molecule has 0 saturated heterocycles. The fourth-order valence-electron chi connectivity index (χ4n) is 8.56. The zero-order valence-corrected chi connectivity index (χ0v) is 33.6. The maximum Gasteiger partial charge on any atom is 0.195 e. The number of nitriles is 1. The lowest BCUT2D eigenvalue weighted by Crippen LogP contribution is -2.10. The van der Waals surface area contributed by atoms with Crippen LogP contribution in [-0.2, 0) is 10.8 Å². The van der Waals surface area contributed by atoms with Crippen molar-refractivity contribution in [3.8, 4) is 39.7 Å². The van der Waals surface area contributed by atoms with Gasteiger partial charge in [-0.05, 0) is 129 Å². The third-order valence-electron chi connectivity index (χ3n) is 11.6. The molecule has 9 aromatic rings. The van der Waals surface area contributed by atoms with Crippen molar-refractivity contribution in [2.75, 3.05) is 0 Å². The molecule has 9 rings (SSSR count). The molecule has 0 bridgehead atoms. The number of nitrogens with zero attached hydrogens (tertiary/aromatic N) is 4. The smallest absolute Gasteiger partial charge is 0.195 e. The van der Waals surface area contributed by atoms with Crippen LogP contribution in [-0.4, -0.2) is 9.13 Å². The minimum atomic E-state index is -0.00471. The minimum absolute atomic E-state index is 0.00471. The van der Waals surface area contributed by atoms with Crippen LogP contribution in [0.1, 0.15) is 63.8 Å². The van der Waals surface area contributed by atoms with Gasteiger partial charge in [-0.3, -0.25) is 0 Å². The summed E-state index contributed by atoms with van der Waals surface area (Å²) in [5, 5.41) is 14.5. The number of aromatic nitrogens is 2. The zero-order valence-electron chi connectivity index (χ0n) is 33.6. The Morgan fingerprint density at radius 1 is 0.526 bits per heavy atom. The molecule has 0 amide bonds. The largest absolute Gasteiger partial charge is 0.309 e. The topological polar surface area (TPSA) is 38.0 Å². The van der Waals surface area contributed by atoms with E-state index in [4.69, 9.17) is 6.57 Å². The monoisotopic (exact) mass is 736 g/mol. The lowest BCUT2D eigenvalue weighted by Gasteiger charge is -2.20. The average molecular weight is 737 g/mol. The molecule has 7 aromatic carbocycles. The third-order valence-corrected chi connectivity index (χ3v) is 11.6. The van der Waals surface area contributed by atoms with Crippen molar-refractivity contribution in [2.24, 2.45) is 0 Å². The second kappa shape index (κ2) is 13.1. The summed E-state index contributed by atoms with van der Waals surface area (Å²) in [5.41, 5.74) is 15.2. The number of fused-ring (bicyclic) bond motifs is 6. The van der Waals surface area contributed by atoms with E-state index in [-0.39, 0.29) is 10.8 Å². The van der Waals surface area contributed by atoms with Gasteiger partial charge in [-0.2, -0.15) is 5.26 Å². The van der Waals surface area contributed by atoms with Crippen molar-refractivity contribution in [3.05, 3.63) is 173 Å². The van der Waals surface area contributed by atoms with Crippen molar-refractivity contribution in [2.45, 2.75) is 59.3 Å². The first-order valence-electron chi connectivity index (χ1n) is 19.6. The molecule has 0 aliphatic carbocycles. The molecule has 0 saturated carbocycles. The second-order valence-corrected chi connectivity index (χ2v) is 17.4. The van der Waals surface area contributed by atoms with Crippen molar-refractivity contribution < 1.29 is 0 Å². The Morgan fingerprint density at radius 2 is 1.11 bits per heavy atom. The Hall–Kier alpha value is -6.88. The van der Waals surface area contributed by atoms with Gasteiger partial charge in [-0.15, -0.1) is 0 Å². The van der Waals surface area contributed by atoms with E-state index in [1.165, 1.54) is 32.7 Å². The van der Waals surface area contributed by atoms with Crippen LogP contribution < -0.4 is 0 Å². The predicted molar refractivity (Wildman–Crippen MR) is 239 cm³/mol. The number of rotatable bonds is 4.